The van der Waals surface area contributed by atoms with Gasteiger partial charge in [-0.05, 0) is 47.2 Å². The maximum atomic E-state index is 12.8. The van der Waals surface area contributed by atoms with Crippen LogP contribution in [0.25, 0.3) is 0 Å². The summed E-state index contributed by atoms with van der Waals surface area (Å²) < 4.78 is 47.5. The molecule has 0 fully saturated rings. The summed E-state index contributed by atoms with van der Waals surface area (Å²) in [6.45, 7) is 0.287. The molecule has 35 heavy (non-hydrogen) atoms. The molecule has 1 aliphatic carbocycles. The monoisotopic (exact) mass is 545 g/mol. The first kappa shape index (κ1) is 27.0. The highest BCUT2D eigenvalue weighted by Gasteiger charge is 2.31. The van der Waals surface area contributed by atoms with E-state index in [-0.39, 0.29) is 23.7 Å². The first-order valence-electron chi connectivity index (χ1n) is 10.3. The van der Waals surface area contributed by atoms with Crippen molar-refractivity contribution >= 4 is 40.9 Å². The number of hydrogen-bond acceptors (Lipinski definition) is 5. The summed E-state index contributed by atoms with van der Waals surface area (Å²) in [4.78, 5) is 25.1. The van der Waals surface area contributed by atoms with Gasteiger partial charge < -0.3 is 14.0 Å². The lowest BCUT2D eigenvalue weighted by Gasteiger charge is -2.16. The highest BCUT2D eigenvalue weighted by molar-refractivity contribution is 8.02. The molecule has 1 aromatic heterocycles. The van der Waals surface area contributed by atoms with Crippen molar-refractivity contribution in [1.82, 2.24) is 4.57 Å². The minimum Gasteiger partial charge on any atom is -0.465 e. The molecule has 0 bridgehead atoms. The van der Waals surface area contributed by atoms with Gasteiger partial charge in [0.25, 0.3) is 5.56 Å². The highest BCUT2D eigenvalue weighted by Crippen LogP contribution is 2.31. The number of thioether (sulfide) groups is 1. The number of alkyl halides is 3. The van der Waals surface area contributed by atoms with E-state index in [4.69, 9.17) is 23.2 Å². The molecular formula is C24H20Cl2F3NO4S. The topological polar surface area (TPSA) is 57.5 Å². The highest BCUT2D eigenvalue weighted by atomic mass is 35.5. The van der Waals surface area contributed by atoms with Gasteiger partial charge in [-0.1, -0.05) is 47.5 Å². The largest absolute Gasteiger partial charge is 0.573 e. The molecule has 3 rings (SSSR count). The van der Waals surface area contributed by atoms with Crippen LogP contribution in [0, 0.1) is 0 Å². The first-order valence-corrected chi connectivity index (χ1v) is 12.0. The fraction of sp³-hybridized carbons (Fsp3) is 0.250. The van der Waals surface area contributed by atoms with Gasteiger partial charge in [-0.3, -0.25) is 4.79 Å². The number of nitrogens with zero attached hydrogens (tertiary/aromatic N) is 1. The van der Waals surface area contributed by atoms with Crippen LogP contribution >= 0.6 is 35.0 Å². The number of allylic oxidation sites excluding steroid dienone is 5. The van der Waals surface area contributed by atoms with E-state index < -0.39 is 17.9 Å². The van der Waals surface area contributed by atoms with Crippen molar-refractivity contribution < 1.29 is 27.4 Å². The van der Waals surface area contributed by atoms with Gasteiger partial charge in [-0.15, -0.1) is 24.9 Å². The summed E-state index contributed by atoms with van der Waals surface area (Å²) >= 11 is 13.8. The van der Waals surface area contributed by atoms with Crippen molar-refractivity contribution in [2.75, 3.05) is 7.11 Å². The molecule has 0 radical (unpaired) electrons. The van der Waals surface area contributed by atoms with Gasteiger partial charge in [0, 0.05) is 18.7 Å². The molecule has 186 valence electrons. The van der Waals surface area contributed by atoms with Crippen LogP contribution in [0.4, 0.5) is 13.2 Å². The Bertz CT molecular complexity index is 1240. The zero-order valence-corrected chi connectivity index (χ0v) is 20.7. The quantitative estimate of drug-likeness (QED) is 0.346. The summed E-state index contributed by atoms with van der Waals surface area (Å²) in [5.41, 5.74) is 1.45. The van der Waals surface area contributed by atoms with Crippen LogP contribution in [0.1, 0.15) is 28.0 Å². The van der Waals surface area contributed by atoms with Gasteiger partial charge in [0.05, 0.1) is 23.4 Å². The van der Waals surface area contributed by atoms with Crippen molar-refractivity contribution in [2.24, 2.45) is 0 Å². The number of carbonyl (C=O) groups excluding carboxylic acids is 1. The van der Waals surface area contributed by atoms with Gasteiger partial charge >= 0.3 is 12.3 Å². The number of hydrogen-bond donors (Lipinski definition) is 0. The molecule has 1 aliphatic rings. The van der Waals surface area contributed by atoms with Crippen LogP contribution in [0.2, 0.25) is 10.0 Å². The molecule has 0 N–H and O–H groups in total. The first-order chi connectivity index (χ1) is 16.6. The standard InChI is InChI=1S/C24H20Cl2F3NO4S/c1-33-23(32)16-7-5-15(6-8-16)11-12-30-21(19(25)13-20(26)22(30)31)14-35-18-4-2-3-17(9-10-18)34-24(27,28)29/h2-9,13H,10-12,14H2,1H3. The normalized spacial score (nSPS) is 13.7. The van der Waals surface area contributed by atoms with E-state index in [0.717, 1.165) is 10.5 Å². The second kappa shape index (κ2) is 11.9. The van der Waals surface area contributed by atoms with E-state index in [1.54, 1.807) is 30.3 Å². The van der Waals surface area contributed by atoms with E-state index in [0.29, 0.717) is 28.5 Å². The van der Waals surface area contributed by atoms with Crippen LogP contribution in [0.3, 0.4) is 0 Å². The number of carbonyl (C=O) groups is 1. The molecule has 0 aliphatic heterocycles. The number of pyridine rings is 1. The average molecular weight is 546 g/mol. The molecule has 11 heteroatoms. The summed E-state index contributed by atoms with van der Waals surface area (Å²) in [5.74, 6) is -0.428. The van der Waals surface area contributed by atoms with Crippen LogP contribution in [0.15, 0.2) is 70.1 Å². The number of methoxy groups -OCH3 is 1. The maximum Gasteiger partial charge on any atom is 0.573 e. The molecule has 0 saturated carbocycles. The third-order valence-electron chi connectivity index (χ3n) is 4.98. The Kier molecular flexibility index (Phi) is 9.15. The van der Waals surface area contributed by atoms with Crippen molar-refractivity contribution in [3.8, 4) is 0 Å². The predicted octanol–water partition coefficient (Wildman–Crippen LogP) is 6.68. The molecule has 2 aromatic rings. The van der Waals surface area contributed by atoms with E-state index in [9.17, 15) is 22.8 Å². The lowest BCUT2D eigenvalue weighted by atomic mass is 10.1. The number of halogens is 5. The fourth-order valence-corrected chi connectivity index (χ4v) is 4.88. The van der Waals surface area contributed by atoms with Crippen LogP contribution in [-0.2, 0) is 28.2 Å². The SMILES string of the molecule is COC(=O)c1ccc(CCn2c(CSC3=CC=CC(OC(F)(F)F)=CC3)c(Cl)cc(Cl)c2=O)cc1. The van der Waals surface area contributed by atoms with E-state index in [1.165, 1.54) is 47.7 Å². The van der Waals surface area contributed by atoms with Crippen LogP contribution < -0.4 is 5.56 Å². The zero-order valence-electron chi connectivity index (χ0n) is 18.4. The summed E-state index contributed by atoms with van der Waals surface area (Å²) in [5, 5.41) is 0.294. The van der Waals surface area contributed by atoms with Gasteiger partial charge in [-0.2, -0.15) is 0 Å². The van der Waals surface area contributed by atoms with E-state index >= 15 is 0 Å². The number of benzene rings is 1. The lowest BCUT2D eigenvalue weighted by molar-refractivity contribution is -0.303. The molecule has 5 nitrogen and oxygen atoms in total. The summed E-state index contributed by atoms with van der Waals surface area (Å²) in [7, 11) is 1.30. The number of rotatable bonds is 8. The zero-order chi connectivity index (χ0) is 25.6. The predicted molar refractivity (Wildman–Crippen MR) is 131 cm³/mol. The second-order valence-electron chi connectivity index (χ2n) is 7.32. The van der Waals surface area contributed by atoms with Crippen LogP contribution in [0.5, 0.6) is 0 Å². The molecule has 0 amide bonds. The number of esters is 1. The van der Waals surface area contributed by atoms with E-state index in [2.05, 4.69) is 9.47 Å². The van der Waals surface area contributed by atoms with Gasteiger partial charge in [0.15, 0.2) is 0 Å². The minimum absolute atomic E-state index is 0.0155. The van der Waals surface area contributed by atoms with E-state index in [1.807, 2.05) is 0 Å². The minimum atomic E-state index is -4.76. The summed E-state index contributed by atoms with van der Waals surface area (Å²) in [6.07, 6.45) is 1.67. The fourth-order valence-electron chi connectivity index (χ4n) is 3.25. The maximum absolute atomic E-state index is 12.8. The molecular weight excluding hydrogens is 526 g/mol. The van der Waals surface area contributed by atoms with Crippen molar-refractivity contribution in [2.45, 2.75) is 31.5 Å². The Morgan fingerprint density at radius 3 is 2.54 bits per heavy atom. The van der Waals surface area contributed by atoms with Crippen molar-refractivity contribution in [3.63, 3.8) is 0 Å². The van der Waals surface area contributed by atoms with Crippen LogP contribution in [-0.4, -0.2) is 24.0 Å². The molecule has 0 atom stereocenters. The molecule has 0 saturated heterocycles. The number of aryl methyl sites for hydroxylation is 1. The van der Waals surface area contributed by atoms with Gasteiger partial charge in [0.2, 0.25) is 0 Å². The Morgan fingerprint density at radius 2 is 1.89 bits per heavy atom. The Hall–Kier alpha value is -2.62. The molecule has 1 heterocycles. The average Bonchev–Trinajstić information content (AvgIpc) is 3.03. The van der Waals surface area contributed by atoms with Gasteiger partial charge in [-0.25, -0.2) is 4.79 Å². The summed E-state index contributed by atoms with van der Waals surface area (Å²) in [6, 6.07) is 8.21. The Morgan fingerprint density at radius 1 is 1.17 bits per heavy atom. The number of ether oxygens (including phenoxy) is 2. The molecule has 0 spiro atoms. The smallest absolute Gasteiger partial charge is 0.465 e. The Labute approximate surface area is 213 Å². The van der Waals surface area contributed by atoms with Gasteiger partial charge in [0.1, 0.15) is 10.8 Å². The third-order valence-corrected chi connectivity index (χ3v) is 6.67. The second-order valence-corrected chi connectivity index (χ2v) is 9.24. The number of aromatic nitrogens is 1. The van der Waals surface area contributed by atoms with Crippen molar-refractivity contribution in [3.05, 3.63) is 103 Å². The van der Waals surface area contributed by atoms with Crippen molar-refractivity contribution in [1.29, 1.82) is 0 Å². The lowest BCUT2D eigenvalue weighted by Crippen LogP contribution is -2.25. The molecule has 0 unspecified atom stereocenters. The Balaban J connectivity index is 1.73. The molecule has 1 aromatic carbocycles. The third kappa shape index (κ3) is 7.68.